The molecule has 3 unspecified atom stereocenters. The van der Waals surface area contributed by atoms with Crippen LogP contribution < -0.4 is 5.73 Å². The van der Waals surface area contributed by atoms with Gasteiger partial charge in [0.05, 0.1) is 6.61 Å². The van der Waals surface area contributed by atoms with E-state index in [2.05, 4.69) is 4.84 Å². The predicted octanol–water partition coefficient (Wildman–Crippen LogP) is 1.10. The molecule has 0 radical (unpaired) electrons. The Balaban J connectivity index is 3.80. The predicted molar refractivity (Wildman–Crippen MR) is 73.5 cm³/mol. The smallest absolute Gasteiger partial charge is 0.480 e. The van der Waals surface area contributed by atoms with E-state index >= 15 is 0 Å². The molecule has 0 aromatic rings. The zero-order chi connectivity index (χ0) is 17.1. The molecule has 3 atom stereocenters. The first-order chi connectivity index (χ1) is 10.3. The van der Waals surface area contributed by atoms with Gasteiger partial charge in [0.2, 0.25) is 0 Å². The number of carboxylic acids is 1. The van der Waals surface area contributed by atoms with Gasteiger partial charge in [-0.2, -0.15) is 0 Å². The first-order valence-corrected chi connectivity index (χ1v) is 6.90. The zero-order valence-electron chi connectivity index (χ0n) is 12.6. The van der Waals surface area contributed by atoms with Crippen LogP contribution in [0.5, 0.6) is 0 Å². The van der Waals surface area contributed by atoms with Crippen LogP contribution in [0.1, 0.15) is 39.5 Å². The van der Waals surface area contributed by atoms with Gasteiger partial charge in [0.15, 0.2) is 0 Å². The molecule has 22 heavy (non-hydrogen) atoms. The Kier molecular flexibility index (Phi) is 9.59. The molecule has 0 saturated carbocycles. The van der Waals surface area contributed by atoms with Crippen molar-refractivity contribution in [2.24, 2.45) is 5.73 Å². The number of hydrogen-bond donors (Lipinski definition) is 2. The zero-order valence-corrected chi connectivity index (χ0v) is 12.6. The lowest BCUT2D eigenvalue weighted by molar-refractivity contribution is -0.768. The van der Waals surface area contributed by atoms with Crippen molar-refractivity contribution < 1.29 is 34.1 Å². The van der Waals surface area contributed by atoms with Crippen LogP contribution in [0.15, 0.2) is 0 Å². The average Bonchev–Trinajstić information content (AvgIpc) is 2.43. The summed E-state index contributed by atoms with van der Waals surface area (Å²) in [5, 5.41) is 18.0. The summed E-state index contributed by atoms with van der Waals surface area (Å²) in [4.78, 5) is 36.5. The number of carbonyl (C=O) groups is 2. The van der Waals surface area contributed by atoms with Gasteiger partial charge >= 0.3 is 12.1 Å². The maximum Gasteiger partial charge on any atom is 0.508 e. The Morgan fingerprint density at radius 1 is 1.36 bits per heavy atom. The number of unbranched alkanes of at least 4 members (excludes halogenated alkanes) is 1. The molecule has 0 amide bonds. The van der Waals surface area contributed by atoms with Crippen molar-refractivity contribution in [3.8, 4) is 0 Å². The molecule has 10 nitrogen and oxygen atoms in total. The van der Waals surface area contributed by atoms with Crippen molar-refractivity contribution in [1.82, 2.24) is 0 Å². The molecule has 0 spiro atoms. The van der Waals surface area contributed by atoms with Crippen molar-refractivity contribution in [2.75, 3.05) is 6.61 Å². The fraction of sp³-hybridized carbons (Fsp3) is 0.833. The van der Waals surface area contributed by atoms with E-state index in [0.29, 0.717) is 25.7 Å². The molecule has 0 aliphatic heterocycles. The van der Waals surface area contributed by atoms with E-state index in [4.69, 9.17) is 20.3 Å². The average molecular weight is 322 g/mol. The summed E-state index contributed by atoms with van der Waals surface area (Å²) in [5.74, 6) is -1.28. The molecule has 0 fully saturated rings. The van der Waals surface area contributed by atoms with Crippen LogP contribution in [0, 0.1) is 10.1 Å². The van der Waals surface area contributed by atoms with Crippen LogP contribution >= 0.6 is 0 Å². The van der Waals surface area contributed by atoms with Gasteiger partial charge in [-0.3, -0.25) is 4.79 Å². The first kappa shape index (κ1) is 19.9. The highest BCUT2D eigenvalue weighted by Crippen LogP contribution is 2.09. The van der Waals surface area contributed by atoms with Gasteiger partial charge in [-0.15, -0.1) is 10.1 Å². The van der Waals surface area contributed by atoms with Crippen LogP contribution in [0.2, 0.25) is 0 Å². The van der Waals surface area contributed by atoms with E-state index in [9.17, 15) is 19.7 Å². The lowest BCUT2D eigenvalue weighted by Crippen LogP contribution is -2.42. The number of rotatable bonds is 11. The molecule has 0 aromatic heterocycles. The van der Waals surface area contributed by atoms with Crippen LogP contribution in [-0.2, 0) is 19.1 Å². The summed E-state index contributed by atoms with van der Waals surface area (Å²) >= 11 is 0. The Bertz CT molecular complexity index is 376. The van der Waals surface area contributed by atoms with Gasteiger partial charge in [0, 0.05) is 0 Å². The normalized spacial score (nSPS) is 14.5. The monoisotopic (exact) mass is 322 g/mol. The van der Waals surface area contributed by atoms with E-state index in [1.807, 2.05) is 0 Å². The van der Waals surface area contributed by atoms with Crippen LogP contribution in [-0.4, -0.2) is 47.2 Å². The minimum absolute atomic E-state index is 0.0583. The highest BCUT2D eigenvalue weighted by molar-refractivity contribution is 5.74. The van der Waals surface area contributed by atoms with Gasteiger partial charge in [-0.05, 0) is 32.6 Å². The fourth-order valence-corrected chi connectivity index (χ4v) is 1.54. The van der Waals surface area contributed by atoms with E-state index in [1.54, 1.807) is 6.92 Å². The summed E-state index contributed by atoms with van der Waals surface area (Å²) in [6.07, 6.45) is -0.461. The number of carbonyl (C=O) groups excluding carboxylic acids is 1. The molecule has 0 aliphatic carbocycles. The van der Waals surface area contributed by atoms with Crippen LogP contribution in [0.25, 0.3) is 0 Å². The third kappa shape index (κ3) is 8.95. The maximum absolute atomic E-state index is 11.3. The number of carboxylic acid groups (broad SMARTS) is 1. The molecule has 128 valence electrons. The van der Waals surface area contributed by atoms with Gasteiger partial charge in [-0.1, -0.05) is 6.92 Å². The van der Waals surface area contributed by atoms with Crippen LogP contribution in [0.4, 0.5) is 4.79 Å². The number of hydrogen-bond acceptors (Lipinski definition) is 8. The minimum Gasteiger partial charge on any atom is -0.480 e. The largest absolute Gasteiger partial charge is 0.508 e. The third-order valence-corrected chi connectivity index (χ3v) is 2.90. The number of nitrogens with zero attached hydrogens (tertiary/aromatic N) is 1. The second kappa shape index (κ2) is 10.6. The van der Waals surface area contributed by atoms with Crippen molar-refractivity contribution in [1.29, 1.82) is 0 Å². The molecule has 10 heteroatoms. The van der Waals surface area contributed by atoms with Gasteiger partial charge in [0.25, 0.3) is 5.09 Å². The van der Waals surface area contributed by atoms with Crippen molar-refractivity contribution in [3.63, 3.8) is 0 Å². The molecule has 0 saturated heterocycles. The quantitative estimate of drug-likeness (QED) is 0.246. The van der Waals surface area contributed by atoms with E-state index in [1.165, 1.54) is 6.92 Å². The van der Waals surface area contributed by atoms with Gasteiger partial charge in [0.1, 0.15) is 18.2 Å². The van der Waals surface area contributed by atoms with Gasteiger partial charge in [-0.25, -0.2) is 4.79 Å². The highest BCUT2D eigenvalue weighted by Gasteiger charge is 2.24. The summed E-state index contributed by atoms with van der Waals surface area (Å²) in [7, 11) is 0. The second-order valence-electron chi connectivity index (χ2n) is 4.64. The van der Waals surface area contributed by atoms with Crippen molar-refractivity contribution in [3.05, 3.63) is 10.1 Å². The van der Waals surface area contributed by atoms with E-state index in [0.717, 1.165) is 0 Å². The van der Waals surface area contributed by atoms with Gasteiger partial charge < -0.3 is 25.2 Å². The van der Waals surface area contributed by atoms with Crippen molar-refractivity contribution >= 4 is 12.1 Å². The molecule has 0 rings (SSSR count). The molecule has 0 heterocycles. The Labute approximate surface area is 127 Å². The number of ether oxygens (including phenoxy) is 2. The fourth-order valence-electron chi connectivity index (χ4n) is 1.54. The topological polar surface area (TPSA) is 151 Å². The third-order valence-electron chi connectivity index (χ3n) is 2.90. The Morgan fingerprint density at radius 2 is 2.00 bits per heavy atom. The van der Waals surface area contributed by atoms with Crippen molar-refractivity contribution in [2.45, 2.75) is 57.8 Å². The highest BCUT2D eigenvalue weighted by atomic mass is 17.0. The first-order valence-electron chi connectivity index (χ1n) is 6.90. The number of nitrogens with two attached hydrogens (primary N) is 1. The SMILES string of the molecule is CCC(CCCCOC(=O)OC(C)C(N)C(=O)O)O[N+](=O)[O-]. The second-order valence-corrected chi connectivity index (χ2v) is 4.64. The Morgan fingerprint density at radius 3 is 2.50 bits per heavy atom. The molecular weight excluding hydrogens is 300 g/mol. The molecular formula is C12H22N2O8. The lowest BCUT2D eigenvalue weighted by Gasteiger charge is -2.16. The molecule has 0 aliphatic rings. The Hall–Kier alpha value is -2.10. The summed E-state index contributed by atoms with van der Waals surface area (Å²) in [6.45, 7) is 3.18. The summed E-state index contributed by atoms with van der Waals surface area (Å²) < 4.78 is 9.45. The minimum atomic E-state index is -1.32. The van der Waals surface area contributed by atoms with E-state index in [-0.39, 0.29) is 6.61 Å². The molecule has 0 bridgehead atoms. The van der Waals surface area contributed by atoms with E-state index < -0.39 is 35.5 Å². The maximum atomic E-state index is 11.3. The molecule has 3 N–H and O–H groups in total. The van der Waals surface area contributed by atoms with Crippen LogP contribution in [0.3, 0.4) is 0 Å². The lowest BCUT2D eigenvalue weighted by atomic mass is 10.1. The summed E-state index contributed by atoms with van der Waals surface area (Å²) in [6, 6.07) is -1.32. The molecule has 0 aromatic carbocycles. The summed E-state index contributed by atoms with van der Waals surface area (Å²) in [5.41, 5.74) is 5.27. The standard InChI is InChI=1S/C12H22N2O8/c1-3-9(22-14(18)19)6-4-5-7-20-12(17)21-8(2)10(13)11(15)16/h8-10H,3-7,13H2,1-2H3,(H,15,16). The number of aliphatic carboxylic acids is 1.